The number of hydrogen-bond donors (Lipinski definition) is 2. The van der Waals surface area contributed by atoms with Crippen molar-refractivity contribution in [2.24, 2.45) is 0 Å². The van der Waals surface area contributed by atoms with Gasteiger partial charge in [0, 0.05) is 13.1 Å². The molecule has 2 aromatic heterocycles. The molecule has 3 heterocycles. The van der Waals surface area contributed by atoms with Crippen LogP contribution >= 0.6 is 0 Å². The molecule has 0 aliphatic carbocycles. The summed E-state index contributed by atoms with van der Waals surface area (Å²) in [5.74, 6) is 2.36. The number of fused-ring (bicyclic) bond motifs is 2. The molecule has 152 valence electrons. The predicted molar refractivity (Wildman–Crippen MR) is 108 cm³/mol. The Morgan fingerprint density at radius 2 is 2.14 bits per heavy atom. The predicted octanol–water partition coefficient (Wildman–Crippen LogP) is 2.50. The molecule has 0 fully saturated rings. The summed E-state index contributed by atoms with van der Waals surface area (Å²) >= 11 is 0. The van der Waals surface area contributed by atoms with Crippen LogP contribution in [0.3, 0.4) is 0 Å². The summed E-state index contributed by atoms with van der Waals surface area (Å²) in [5, 5.41) is 3.17. The first-order chi connectivity index (χ1) is 14.1. The van der Waals surface area contributed by atoms with Crippen molar-refractivity contribution in [3.05, 3.63) is 48.2 Å². The number of nitrogens with zero attached hydrogens (tertiary/aromatic N) is 4. The molecule has 3 N–H and O–H groups in total. The van der Waals surface area contributed by atoms with Gasteiger partial charge in [0.1, 0.15) is 5.52 Å². The fourth-order valence-electron chi connectivity index (χ4n) is 3.15. The maximum atomic E-state index is 5.75. The van der Waals surface area contributed by atoms with Gasteiger partial charge in [-0.2, -0.15) is 4.98 Å². The number of anilines is 1. The highest BCUT2D eigenvalue weighted by Crippen LogP contribution is 2.32. The highest BCUT2D eigenvalue weighted by molar-refractivity contribution is 5.74. The number of unbranched alkanes of at least 4 members (excludes halogenated alkanes) is 1. The molecule has 0 saturated carbocycles. The van der Waals surface area contributed by atoms with Crippen LogP contribution in [0.2, 0.25) is 0 Å². The minimum Gasteiger partial charge on any atom is -0.480 e. The molecule has 0 saturated heterocycles. The topological polar surface area (TPSA) is 109 Å². The van der Waals surface area contributed by atoms with E-state index in [9.17, 15) is 0 Å². The number of nitrogens with one attached hydrogen (secondary N) is 1. The third-order valence-corrected chi connectivity index (χ3v) is 4.65. The standard InChI is InChI=1S/C20H24N6O3/c1-13-18-19(25-20(21)24-13)26(11-23-18)7-3-4-8-27-14(2)22-10-15-5-6-16-17(9-15)29-12-28-16/h5-6,9,11,22H,2-4,7-8,10,12H2,1H3,(H2,21,24,25). The van der Waals surface area contributed by atoms with Gasteiger partial charge in [-0.25, -0.2) is 9.97 Å². The lowest BCUT2D eigenvalue weighted by atomic mass is 10.2. The number of aryl methyl sites for hydroxylation is 2. The van der Waals surface area contributed by atoms with Crippen LogP contribution in [-0.4, -0.2) is 32.9 Å². The molecule has 0 unspecified atom stereocenters. The number of benzene rings is 1. The SMILES string of the molecule is C=C(NCc1ccc2c(c1)OCO2)OCCCCn1cnc2c(C)nc(N)nc21. The number of nitrogen functional groups attached to an aromatic ring is 1. The molecular formula is C20H24N6O3. The molecule has 1 aliphatic rings. The summed E-state index contributed by atoms with van der Waals surface area (Å²) in [6.07, 6.45) is 3.58. The van der Waals surface area contributed by atoms with Crippen LogP contribution in [0.15, 0.2) is 37.0 Å². The fourth-order valence-corrected chi connectivity index (χ4v) is 3.15. The van der Waals surface area contributed by atoms with Crippen LogP contribution in [0.5, 0.6) is 11.5 Å². The summed E-state index contributed by atoms with van der Waals surface area (Å²) in [7, 11) is 0. The van der Waals surface area contributed by atoms with Crippen molar-refractivity contribution >= 4 is 17.1 Å². The fraction of sp³-hybridized carbons (Fsp3) is 0.350. The number of ether oxygens (including phenoxy) is 3. The van der Waals surface area contributed by atoms with Crippen molar-refractivity contribution in [2.75, 3.05) is 19.1 Å². The Labute approximate surface area is 168 Å². The summed E-state index contributed by atoms with van der Waals surface area (Å²) in [6.45, 7) is 8.04. The minimum atomic E-state index is 0.268. The Balaban J connectivity index is 1.18. The second-order valence-electron chi connectivity index (χ2n) is 6.80. The van der Waals surface area contributed by atoms with Crippen molar-refractivity contribution in [1.82, 2.24) is 24.8 Å². The van der Waals surface area contributed by atoms with E-state index < -0.39 is 0 Å². The molecule has 0 spiro atoms. The Bertz CT molecular complexity index is 1030. The number of nitrogens with two attached hydrogens (primary N) is 1. The molecule has 0 atom stereocenters. The van der Waals surface area contributed by atoms with E-state index in [1.54, 1.807) is 6.33 Å². The summed E-state index contributed by atoms with van der Waals surface area (Å²) in [5.41, 5.74) is 9.17. The van der Waals surface area contributed by atoms with Crippen LogP contribution in [0.4, 0.5) is 5.95 Å². The normalized spacial score (nSPS) is 12.3. The van der Waals surface area contributed by atoms with E-state index in [2.05, 4.69) is 26.8 Å². The summed E-state index contributed by atoms with van der Waals surface area (Å²) in [4.78, 5) is 12.8. The van der Waals surface area contributed by atoms with E-state index in [4.69, 9.17) is 19.9 Å². The molecular weight excluding hydrogens is 372 g/mol. The monoisotopic (exact) mass is 396 g/mol. The van der Waals surface area contributed by atoms with Gasteiger partial charge in [-0.15, -0.1) is 0 Å². The molecule has 0 bridgehead atoms. The summed E-state index contributed by atoms with van der Waals surface area (Å²) in [6, 6.07) is 5.85. The largest absolute Gasteiger partial charge is 0.480 e. The minimum absolute atomic E-state index is 0.268. The third kappa shape index (κ3) is 4.34. The quantitative estimate of drug-likeness (QED) is 0.419. The van der Waals surface area contributed by atoms with Crippen LogP contribution in [0.25, 0.3) is 11.2 Å². The lowest BCUT2D eigenvalue weighted by Crippen LogP contribution is -2.15. The second-order valence-corrected chi connectivity index (χ2v) is 6.80. The van der Waals surface area contributed by atoms with E-state index in [1.807, 2.05) is 29.7 Å². The number of aromatic nitrogens is 4. The Kier molecular flexibility index (Phi) is 5.37. The number of imidazole rings is 1. The van der Waals surface area contributed by atoms with Gasteiger partial charge in [0.05, 0.1) is 18.6 Å². The van der Waals surface area contributed by atoms with Crippen LogP contribution < -0.4 is 20.5 Å². The van der Waals surface area contributed by atoms with Crippen molar-refractivity contribution in [1.29, 1.82) is 0 Å². The smallest absolute Gasteiger partial charge is 0.231 e. The van der Waals surface area contributed by atoms with E-state index in [1.165, 1.54) is 0 Å². The van der Waals surface area contributed by atoms with Crippen molar-refractivity contribution in [2.45, 2.75) is 32.9 Å². The van der Waals surface area contributed by atoms with Gasteiger partial charge in [0.2, 0.25) is 12.7 Å². The molecule has 9 heteroatoms. The van der Waals surface area contributed by atoms with E-state index in [0.717, 1.165) is 53.3 Å². The number of rotatable bonds is 9. The van der Waals surface area contributed by atoms with E-state index >= 15 is 0 Å². The molecule has 29 heavy (non-hydrogen) atoms. The molecule has 9 nitrogen and oxygen atoms in total. The van der Waals surface area contributed by atoms with Gasteiger partial charge < -0.3 is 29.8 Å². The maximum Gasteiger partial charge on any atom is 0.231 e. The zero-order chi connectivity index (χ0) is 20.2. The molecule has 0 amide bonds. The highest BCUT2D eigenvalue weighted by atomic mass is 16.7. The van der Waals surface area contributed by atoms with Gasteiger partial charge in [0.25, 0.3) is 0 Å². The van der Waals surface area contributed by atoms with Crippen LogP contribution in [0.1, 0.15) is 24.1 Å². The van der Waals surface area contributed by atoms with Gasteiger partial charge in [-0.3, -0.25) is 0 Å². The zero-order valence-electron chi connectivity index (χ0n) is 16.4. The van der Waals surface area contributed by atoms with Gasteiger partial charge in [0.15, 0.2) is 23.0 Å². The average Bonchev–Trinajstić information content (AvgIpc) is 3.32. The number of hydrogen-bond acceptors (Lipinski definition) is 8. The summed E-state index contributed by atoms with van der Waals surface area (Å²) < 4.78 is 18.4. The lowest BCUT2D eigenvalue weighted by molar-refractivity contribution is 0.174. The van der Waals surface area contributed by atoms with Crippen LogP contribution in [0, 0.1) is 6.92 Å². The Morgan fingerprint density at radius 1 is 1.28 bits per heavy atom. The molecule has 4 rings (SSSR count). The molecule has 0 radical (unpaired) electrons. The average molecular weight is 396 g/mol. The third-order valence-electron chi connectivity index (χ3n) is 4.65. The lowest BCUT2D eigenvalue weighted by Gasteiger charge is -2.12. The van der Waals surface area contributed by atoms with Crippen LogP contribution in [-0.2, 0) is 17.8 Å². The molecule has 1 aromatic carbocycles. The first-order valence-electron chi connectivity index (χ1n) is 9.49. The van der Waals surface area contributed by atoms with E-state index in [0.29, 0.717) is 19.0 Å². The molecule has 1 aliphatic heterocycles. The first-order valence-corrected chi connectivity index (χ1v) is 9.49. The Morgan fingerprint density at radius 3 is 3.03 bits per heavy atom. The van der Waals surface area contributed by atoms with Crippen molar-refractivity contribution in [3.63, 3.8) is 0 Å². The molecule has 3 aromatic rings. The highest BCUT2D eigenvalue weighted by Gasteiger charge is 2.13. The van der Waals surface area contributed by atoms with E-state index in [-0.39, 0.29) is 12.7 Å². The first kappa shape index (κ1) is 18.9. The van der Waals surface area contributed by atoms with Crippen molar-refractivity contribution in [3.8, 4) is 11.5 Å². The zero-order valence-corrected chi connectivity index (χ0v) is 16.4. The Hall–Kier alpha value is -3.49. The van der Waals surface area contributed by atoms with Crippen molar-refractivity contribution < 1.29 is 14.2 Å². The second kappa shape index (κ2) is 8.26. The van der Waals surface area contributed by atoms with Gasteiger partial charge in [-0.1, -0.05) is 6.07 Å². The maximum absolute atomic E-state index is 5.75. The van der Waals surface area contributed by atoms with Gasteiger partial charge >= 0.3 is 0 Å². The van der Waals surface area contributed by atoms with Gasteiger partial charge in [-0.05, 0) is 44.0 Å².